The van der Waals surface area contributed by atoms with E-state index < -0.39 is 18.0 Å². The first-order valence-electron chi connectivity index (χ1n) is 6.82. The van der Waals surface area contributed by atoms with E-state index in [9.17, 15) is 14.3 Å². The molecule has 1 saturated carbocycles. The van der Waals surface area contributed by atoms with Gasteiger partial charge in [0, 0.05) is 25.0 Å². The summed E-state index contributed by atoms with van der Waals surface area (Å²) in [7, 11) is 0. The number of carbonyl (C=O) groups is 1. The van der Waals surface area contributed by atoms with Crippen molar-refractivity contribution < 1.29 is 18.7 Å². The van der Waals surface area contributed by atoms with E-state index in [1.54, 1.807) is 12.5 Å². The fourth-order valence-corrected chi connectivity index (χ4v) is 2.79. The Labute approximate surface area is 120 Å². The van der Waals surface area contributed by atoms with Gasteiger partial charge >= 0.3 is 0 Å². The average molecular weight is 293 g/mol. The Morgan fingerprint density at radius 1 is 1.52 bits per heavy atom. The second kappa shape index (κ2) is 5.69. The van der Waals surface area contributed by atoms with E-state index >= 15 is 0 Å². The van der Waals surface area contributed by atoms with Crippen LogP contribution in [0.25, 0.3) is 0 Å². The standard InChI is InChI=1S/C14H16FN3O3/c15-13-2-1-12(21-13)14(20)17-10-5-9(6-11(10)19)7-18-4-3-16-8-18/h1-4,8-11,19H,5-7H2,(H,17,20)/t9?,10-,11-/m1/s1. The lowest BCUT2D eigenvalue weighted by molar-refractivity contribution is 0.0838. The van der Waals surface area contributed by atoms with Crippen molar-refractivity contribution in [2.24, 2.45) is 5.92 Å². The Morgan fingerprint density at radius 2 is 2.38 bits per heavy atom. The number of hydrogen-bond donors (Lipinski definition) is 2. The van der Waals surface area contributed by atoms with Gasteiger partial charge in [0.15, 0.2) is 5.76 Å². The first-order valence-corrected chi connectivity index (χ1v) is 6.82. The molecule has 1 unspecified atom stereocenters. The molecule has 1 fully saturated rings. The van der Waals surface area contributed by atoms with Gasteiger partial charge in [-0.1, -0.05) is 0 Å². The molecule has 0 aromatic carbocycles. The van der Waals surface area contributed by atoms with Crippen LogP contribution in [0.4, 0.5) is 4.39 Å². The van der Waals surface area contributed by atoms with Crippen LogP contribution in [0.2, 0.25) is 0 Å². The van der Waals surface area contributed by atoms with Crippen molar-refractivity contribution in [1.29, 1.82) is 0 Å². The molecule has 3 atom stereocenters. The van der Waals surface area contributed by atoms with Crippen LogP contribution in [0.5, 0.6) is 0 Å². The molecule has 112 valence electrons. The third-order valence-electron chi connectivity index (χ3n) is 3.77. The average Bonchev–Trinajstić information content (AvgIpc) is 3.14. The predicted octanol–water partition coefficient (Wildman–Crippen LogP) is 1.18. The van der Waals surface area contributed by atoms with Crippen molar-refractivity contribution in [3.8, 4) is 0 Å². The number of imidazole rings is 1. The zero-order chi connectivity index (χ0) is 14.8. The second-order valence-corrected chi connectivity index (χ2v) is 5.35. The molecule has 0 radical (unpaired) electrons. The molecule has 0 saturated heterocycles. The summed E-state index contributed by atoms with van der Waals surface area (Å²) >= 11 is 0. The van der Waals surface area contributed by atoms with Gasteiger partial charge in [0.25, 0.3) is 11.9 Å². The predicted molar refractivity (Wildman–Crippen MR) is 70.9 cm³/mol. The first-order chi connectivity index (χ1) is 10.1. The summed E-state index contributed by atoms with van der Waals surface area (Å²) in [6.45, 7) is 0.749. The summed E-state index contributed by atoms with van der Waals surface area (Å²) < 4.78 is 19.3. The molecular formula is C14H16FN3O3. The van der Waals surface area contributed by atoms with Crippen LogP contribution in [-0.4, -0.2) is 32.7 Å². The van der Waals surface area contributed by atoms with E-state index in [4.69, 9.17) is 0 Å². The highest BCUT2D eigenvalue weighted by Gasteiger charge is 2.34. The van der Waals surface area contributed by atoms with Gasteiger partial charge in [-0.2, -0.15) is 4.39 Å². The van der Waals surface area contributed by atoms with Gasteiger partial charge in [-0.15, -0.1) is 0 Å². The molecule has 7 heteroatoms. The molecule has 21 heavy (non-hydrogen) atoms. The van der Waals surface area contributed by atoms with Crippen LogP contribution in [0.15, 0.2) is 35.3 Å². The lowest BCUT2D eigenvalue weighted by Crippen LogP contribution is -2.39. The Bertz CT molecular complexity index is 611. The van der Waals surface area contributed by atoms with Crippen LogP contribution in [-0.2, 0) is 6.54 Å². The van der Waals surface area contributed by atoms with Gasteiger partial charge in [-0.25, -0.2) is 4.98 Å². The first kappa shape index (κ1) is 13.8. The van der Waals surface area contributed by atoms with E-state index in [1.165, 1.54) is 6.07 Å². The molecule has 0 bridgehead atoms. The molecule has 0 aliphatic heterocycles. The third kappa shape index (κ3) is 3.13. The smallest absolute Gasteiger partial charge is 0.287 e. The zero-order valence-electron chi connectivity index (χ0n) is 11.3. The molecule has 0 spiro atoms. The van der Waals surface area contributed by atoms with Gasteiger partial charge < -0.3 is 19.4 Å². The maximum Gasteiger partial charge on any atom is 0.287 e. The van der Waals surface area contributed by atoms with Gasteiger partial charge in [-0.05, 0) is 24.8 Å². The van der Waals surface area contributed by atoms with Crippen LogP contribution in [0.1, 0.15) is 23.4 Å². The monoisotopic (exact) mass is 293 g/mol. The zero-order valence-corrected chi connectivity index (χ0v) is 11.3. The van der Waals surface area contributed by atoms with Gasteiger partial charge in [0.05, 0.1) is 18.5 Å². The molecule has 3 rings (SSSR count). The minimum absolute atomic E-state index is 0.0854. The van der Waals surface area contributed by atoms with E-state index in [-0.39, 0.29) is 17.7 Å². The molecule has 2 heterocycles. The highest BCUT2D eigenvalue weighted by molar-refractivity contribution is 5.91. The molecule has 1 amide bonds. The largest absolute Gasteiger partial charge is 0.426 e. The van der Waals surface area contributed by atoms with Gasteiger partial charge in [-0.3, -0.25) is 4.79 Å². The van der Waals surface area contributed by atoms with Crippen molar-refractivity contribution in [3.63, 3.8) is 0 Å². The second-order valence-electron chi connectivity index (χ2n) is 5.35. The fourth-order valence-electron chi connectivity index (χ4n) is 2.79. The summed E-state index contributed by atoms with van der Waals surface area (Å²) in [4.78, 5) is 15.9. The quantitative estimate of drug-likeness (QED) is 0.887. The highest BCUT2D eigenvalue weighted by Crippen LogP contribution is 2.27. The molecule has 2 aromatic heterocycles. The molecular weight excluding hydrogens is 277 g/mol. The summed E-state index contributed by atoms with van der Waals surface area (Å²) in [5.74, 6) is -0.336. The highest BCUT2D eigenvalue weighted by atomic mass is 19.1. The Kier molecular flexibility index (Phi) is 3.74. The third-order valence-corrected chi connectivity index (χ3v) is 3.77. The van der Waals surface area contributed by atoms with Crippen molar-refractivity contribution in [3.05, 3.63) is 42.6 Å². The normalized spacial score (nSPS) is 25.1. The molecule has 1 aliphatic rings. The van der Waals surface area contributed by atoms with E-state index in [0.717, 1.165) is 12.6 Å². The topological polar surface area (TPSA) is 80.3 Å². The molecule has 6 nitrogen and oxygen atoms in total. The van der Waals surface area contributed by atoms with Crippen molar-refractivity contribution in [2.45, 2.75) is 31.5 Å². The number of carbonyl (C=O) groups excluding carboxylic acids is 1. The minimum atomic E-state index is -0.801. The van der Waals surface area contributed by atoms with Crippen LogP contribution < -0.4 is 5.32 Å². The number of rotatable bonds is 4. The number of aliphatic hydroxyl groups excluding tert-OH is 1. The number of nitrogens with one attached hydrogen (secondary N) is 1. The summed E-state index contributed by atoms with van der Waals surface area (Å²) in [5.41, 5.74) is 0. The number of hydrogen-bond acceptors (Lipinski definition) is 4. The number of halogens is 1. The molecule has 1 aliphatic carbocycles. The van der Waals surface area contributed by atoms with Crippen molar-refractivity contribution in [1.82, 2.24) is 14.9 Å². The SMILES string of the molecule is O=C(N[C@@H]1CC(Cn2ccnc2)C[C@H]1O)c1ccc(F)o1. The lowest BCUT2D eigenvalue weighted by Gasteiger charge is -2.15. The summed E-state index contributed by atoms with van der Waals surface area (Å²) in [6, 6.07) is 1.21. The summed E-state index contributed by atoms with van der Waals surface area (Å²) in [6.07, 6.45) is 5.95. The number of aliphatic hydroxyl groups is 1. The van der Waals surface area contributed by atoms with Crippen molar-refractivity contribution in [2.75, 3.05) is 0 Å². The number of furan rings is 1. The summed E-state index contributed by atoms with van der Waals surface area (Å²) in [5, 5.41) is 12.7. The van der Waals surface area contributed by atoms with E-state index in [1.807, 2.05) is 10.8 Å². The minimum Gasteiger partial charge on any atom is -0.426 e. The van der Waals surface area contributed by atoms with Gasteiger partial charge in [0.1, 0.15) is 0 Å². The van der Waals surface area contributed by atoms with Crippen LogP contribution in [0, 0.1) is 11.9 Å². The maximum absolute atomic E-state index is 12.7. The Hall–Kier alpha value is -2.15. The maximum atomic E-state index is 12.7. The number of nitrogens with zero attached hydrogens (tertiary/aromatic N) is 2. The van der Waals surface area contributed by atoms with E-state index in [0.29, 0.717) is 12.8 Å². The lowest BCUT2D eigenvalue weighted by atomic mass is 10.1. The number of aromatic nitrogens is 2. The van der Waals surface area contributed by atoms with Crippen LogP contribution >= 0.6 is 0 Å². The molecule has 2 N–H and O–H groups in total. The van der Waals surface area contributed by atoms with Crippen LogP contribution in [0.3, 0.4) is 0 Å². The molecule has 2 aromatic rings. The van der Waals surface area contributed by atoms with E-state index in [2.05, 4.69) is 14.7 Å². The Balaban J connectivity index is 1.57. The fraction of sp³-hybridized carbons (Fsp3) is 0.429. The van der Waals surface area contributed by atoms with Gasteiger partial charge in [0.2, 0.25) is 0 Å². The number of amides is 1. The Morgan fingerprint density at radius 3 is 3.05 bits per heavy atom. The van der Waals surface area contributed by atoms with Crippen molar-refractivity contribution >= 4 is 5.91 Å².